The zero-order valence-corrected chi connectivity index (χ0v) is 14.1. The summed E-state index contributed by atoms with van der Waals surface area (Å²) in [6, 6.07) is 7.95. The van der Waals surface area contributed by atoms with Crippen LogP contribution in [0.4, 0.5) is 0 Å². The van der Waals surface area contributed by atoms with Gasteiger partial charge in [0.2, 0.25) is 0 Å². The highest BCUT2D eigenvalue weighted by atomic mass is 35.5. The molecule has 1 saturated carbocycles. The molecule has 1 aliphatic rings. The second-order valence-electron chi connectivity index (χ2n) is 5.60. The van der Waals surface area contributed by atoms with Crippen LogP contribution >= 0.6 is 23.4 Å². The second kappa shape index (κ2) is 7.34. The molecule has 3 rings (SSSR count). The van der Waals surface area contributed by atoms with E-state index in [-0.39, 0.29) is 0 Å². The van der Waals surface area contributed by atoms with Gasteiger partial charge in [0.15, 0.2) is 5.16 Å². The van der Waals surface area contributed by atoms with Crippen LogP contribution in [0.5, 0.6) is 0 Å². The van der Waals surface area contributed by atoms with Crippen LogP contribution in [0.15, 0.2) is 42.1 Å². The minimum absolute atomic E-state index is 0.558. The first-order valence-corrected chi connectivity index (χ1v) is 9.06. The molecule has 1 aliphatic carbocycles. The summed E-state index contributed by atoms with van der Waals surface area (Å²) >= 11 is 7.92. The van der Waals surface area contributed by atoms with Gasteiger partial charge in [0.1, 0.15) is 5.82 Å². The van der Waals surface area contributed by atoms with E-state index in [4.69, 9.17) is 11.6 Å². The highest BCUT2D eigenvalue weighted by molar-refractivity contribution is 7.98. The highest BCUT2D eigenvalue weighted by Gasteiger charge is 2.24. The SMILES string of the molecule is C=CCn1c(SCc2ccccc2Cl)nnc1C1CCCC1. The van der Waals surface area contributed by atoms with E-state index in [0.29, 0.717) is 5.92 Å². The summed E-state index contributed by atoms with van der Waals surface area (Å²) in [6.07, 6.45) is 6.97. The van der Waals surface area contributed by atoms with Crippen molar-refractivity contribution >= 4 is 23.4 Å². The third-order valence-corrected chi connectivity index (χ3v) is 5.48. The average Bonchev–Trinajstić information content (AvgIpc) is 3.16. The molecule has 116 valence electrons. The molecule has 22 heavy (non-hydrogen) atoms. The van der Waals surface area contributed by atoms with E-state index in [0.717, 1.165) is 33.9 Å². The van der Waals surface area contributed by atoms with E-state index in [2.05, 4.69) is 27.4 Å². The molecule has 2 aromatic rings. The van der Waals surface area contributed by atoms with Gasteiger partial charge >= 0.3 is 0 Å². The number of nitrogens with zero attached hydrogens (tertiary/aromatic N) is 3. The molecule has 0 atom stereocenters. The Morgan fingerprint density at radius 2 is 2.05 bits per heavy atom. The van der Waals surface area contributed by atoms with E-state index >= 15 is 0 Å². The van der Waals surface area contributed by atoms with Crippen molar-refractivity contribution in [2.45, 2.75) is 49.1 Å². The van der Waals surface area contributed by atoms with Gasteiger partial charge in [0.25, 0.3) is 0 Å². The number of allylic oxidation sites excluding steroid dienone is 1. The van der Waals surface area contributed by atoms with Crippen LogP contribution in [0.3, 0.4) is 0 Å². The normalized spacial score (nSPS) is 15.3. The fourth-order valence-electron chi connectivity index (χ4n) is 2.95. The molecule has 0 amide bonds. The number of aromatic nitrogens is 3. The fourth-order valence-corrected chi connectivity index (χ4v) is 4.19. The molecule has 0 unspecified atom stereocenters. The Bertz CT molecular complexity index is 647. The van der Waals surface area contributed by atoms with Gasteiger partial charge in [-0.15, -0.1) is 16.8 Å². The lowest BCUT2D eigenvalue weighted by atomic mass is 10.1. The van der Waals surface area contributed by atoms with Crippen LogP contribution in [0.25, 0.3) is 0 Å². The predicted molar refractivity (Wildman–Crippen MR) is 92.4 cm³/mol. The summed E-state index contributed by atoms with van der Waals surface area (Å²) in [5, 5.41) is 10.6. The molecule has 0 radical (unpaired) electrons. The quantitative estimate of drug-likeness (QED) is 0.546. The number of thioether (sulfide) groups is 1. The molecule has 0 saturated heterocycles. The lowest BCUT2D eigenvalue weighted by Crippen LogP contribution is -2.07. The Morgan fingerprint density at radius 1 is 1.27 bits per heavy atom. The first-order chi connectivity index (χ1) is 10.8. The summed E-state index contributed by atoms with van der Waals surface area (Å²) < 4.78 is 2.21. The number of halogens is 1. The third kappa shape index (κ3) is 3.39. The van der Waals surface area contributed by atoms with Crippen molar-refractivity contribution in [3.63, 3.8) is 0 Å². The summed E-state index contributed by atoms with van der Waals surface area (Å²) in [6.45, 7) is 4.64. The van der Waals surface area contributed by atoms with Gasteiger partial charge in [-0.1, -0.05) is 60.5 Å². The molecular weight excluding hydrogens is 314 g/mol. The molecule has 0 N–H and O–H groups in total. The van der Waals surface area contributed by atoms with Crippen LogP contribution < -0.4 is 0 Å². The van der Waals surface area contributed by atoms with Crippen molar-refractivity contribution in [3.8, 4) is 0 Å². The monoisotopic (exact) mass is 333 g/mol. The maximum absolute atomic E-state index is 6.23. The van der Waals surface area contributed by atoms with E-state index in [9.17, 15) is 0 Å². The predicted octanol–water partition coefficient (Wildman–Crippen LogP) is 5.07. The Hall–Kier alpha value is -1.26. The zero-order valence-electron chi connectivity index (χ0n) is 12.5. The summed E-state index contributed by atoms with van der Waals surface area (Å²) in [5.74, 6) is 2.49. The Labute approximate surface area is 140 Å². The van der Waals surface area contributed by atoms with Crippen LogP contribution in [0, 0.1) is 0 Å². The lowest BCUT2D eigenvalue weighted by Gasteiger charge is -2.12. The first kappa shape index (κ1) is 15.6. The fraction of sp³-hybridized carbons (Fsp3) is 0.412. The number of hydrogen-bond donors (Lipinski definition) is 0. The van der Waals surface area contributed by atoms with Crippen molar-refractivity contribution in [3.05, 3.63) is 53.3 Å². The molecule has 0 spiro atoms. The van der Waals surface area contributed by atoms with Gasteiger partial charge < -0.3 is 4.57 Å². The minimum Gasteiger partial charge on any atom is -0.302 e. The standard InChI is InChI=1S/C17H20ClN3S/c1-2-11-21-16(13-7-3-4-8-13)19-20-17(21)22-12-14-9-5-6-10-15(14)18/h2,5-6,9-10,13H,1,3-4,7-8,11-12H2. The molecule has 3 nitrogen and oxygen atoms in total. The summed E-state index contributed by atoms with van der Waals surface area (Å²) in [4.78, 5) is 0. The number of rotatable bonds is 6. The van der Waals surface area contributed by atoms with Gasteiger partial charge in [-0.3, -0.25) is 0 Å². The first-order valence-electron chi connectivity index (χ1n) is 7.70. The zero-order chi connectivity index (χ0) is 15.4. The van der Waals surface area contributed by atoms with E-state index in [1.165, 1.54) is 25.7 Å². The van der Waals surface area contributed by atoms with E-state index < -0.39 is 0 Å². The van der Waals surface area contributed by atoms with Crippen LogP contribution in [0.2, 0.25) is 5.02 Å². The van der Waals surface area contributed by atoms with Gasteiger partial charge in [-0.25, -0.2) is 0 Å². The van der Waals surface area contributed by atoms with Gasteiger partial charge in [0.05, 0.1) is 0 Å². The smallest absolute Gasteiger partial charge is 0.191 e. The van der Waals surface area contributed by atoms with Crippen molar-refractivity contribution < 1.29 is 0 Å². The van der Waals surface area contributed by atoms with Crippen LogP contribution in [0.1, 0.15) is 43.0 Å². The topological polar surface area (TPSA) is 30.7 Å². The molecule has 1 aromatic carbocycles. The molecule has 1 aromatic heterocycles. The molecular formula is C17H20ClN3S. The maximum Gasteiger partial charge on any atom is 0.191 e. The summed E-state index contributed by atoms with van der Waals surface area (Å²) in [7, 11) is 0. The Morgan fingerprint density at radius 3 is 2.77 bits per heavy atom. The van der Waals surface area contributed by atoms with Gasteiger partial charge in [0, 0.05) is 23.2 Å². The van der Waals surface area contributed by atoms with Crippen LogP contribution in [-0.4, -0.2) is 14.8 Å². The molecule has 0 bridgehead atoms. The minimum atomic E-state index is 0.558. The number of benzene rings is 1. The Kier molecular flexibility index (Phi) is 5.21. The van der Waals surface area contributed by atoms with Crippen molar-refractivity contribution in [2.24, 2.45) is 0 Å². The largest absolute Gasteiger partial charge is 0.302 e. The van der Waals surface area contributed by atoms with Gasteiger partial charge in [-0.05, 0) is 24.5 Å². The van der Waals surface area contributed by atoms with E-state index in [1.807, 2.05) is 24.3 Å². The number of hydrogen-bond acceptors (Lipinski definition) is 3. The average molecular weight is 334 g/mol. The third-order valence-electron chi connectivity index (χ3n) is 4.09. The highest BCUT2D eigenvalue weighted by Crippen LogP contribution is 2.35. The van der Waals surface area contributed by atoms with Crippen LogP contribution in [-0.2, 0) is 12.3 Å². The molecule has 1 fully saturated rings. The van der Waals surface area contributed by atoms with Crippen molar-refractivity contribution in [2.75, 3.05) is 0 Å². The second-order valence-corrected chi connectivity index (χ2v) is 6.95. The summed E-state index contributed by atoms with van der Waals surface area (Å²) in [5.41, 5.74) is 1.13. The molecule has 1 heterocycles. The maximum atomic E-state index is 6.23. The lowest BCUT2D eigenvalue weighted by molar-refractivity contribution is 0.594. The van der Waals surface area contributed by atoms with Gasteiger partial charge in [-0.2, -0.15) is 0 Å². The molecule has 0 aliphatic heterocycles. The van der Waals surface area contributed by atoms with E-state index in [1.54, 1.807) is 11.8 Å². The van der Waals surface area contributed by atoms with Crippen molar-refractivity contribution in [1.82, 2.24) is 14.8 Å². The van der Waals surface area contributed by atoms with Crippen molar-refractivity contribution in [1.29, 1.82) is 0 Å². The Balaban J connectivity index is 1.78. The molecule has 5 heteroatoms.